The topological polar surface area (TPSA) is 102 Å². The molecule has 1 N–H and O–H groups in total. The van der Waals surface area contributed by atoms with Crippen LogP contribution >= 0.6 is 15.9 Å². The van der Waals surface area contributed by atoms with Crippen LogP contribution in [0.2, 0.25) is 0 Å². The second-order valence-electron chi connectivity index (χ2n) is 5.99. The number of pyridine rings is 1. The van der Waals surface area contributed by atoms with E-state index in [4.69, 9.17) is 4.74 Å². The standard InChI is InChI=1S/C18H17BrN6O3/c1-24(2)17(26)11-25-10-15(22-23-25)18(27)21-13-6-7-16(20-9-13)28-14-5-3-4-12(19)8-14/h3-10H,11H2,1-2H3,(H,21,27). The molecule has 0 aliphatic rings. The second-order valence-corrected chi connectivity index (χ2v) is 6.90. The number of aromatic nitrogens is 4. The summed E-state index contributed by atoms with van der Waals surface area (Å²) in [4.78, 5) is 29.6. The maximum Gasteiger partial charge on any atom is 0.277 e. The molecule has 0 saturated heterocycles. The van der Waals surface area contributed by atoms with Crippen LogP contribution in [-0.2, 0) is 11.3 Å². The summed E-state index contributed by atoms with van der Waals surface area (Å²) in [5.74, 6) is 0.430. The number of amides is 2. The lowest BCUT2D eigenvalue weighted by molar-refractivity contribution is -0.129. The Morgan fingerprint density at radius 3 is 2.75 bits per heavy atom. The Kier molecular flexibility index (Phi) is 5.99. The zero-order valence-electron chi connectivity index (χ0n) is 15.2. The number of nitrogens with one attached hydrogen (secondary N) is 1. The van der Waals surface area contributed by atoms with Crippen LogP contribution in [-0.4, -0.2) is 50.8 Å². The van der Waals surface area contributed by atoms with Gasteiger partial charge in [-0.1, -0.05) is 27.2 Å². The molecule has 144 valence electrons. The first-order valence-electron chi connectivity index (χ1n) is 8.22. The number of hydrogen-bond donors (Lipinski definition) is 1. The molecule has 0 atom stereocenters. The largest absolute Gasteiger partial charge is 0.439 e. The van der Waals surface area contributed by atoms with Crippen molar-refractivity contribution in [3.8, 4) is 11.6 Å². The van der Waals surface area contributed by atoms with Crippen LogP contribution in [0.4, 0.5) is 5.69 Å². The van der Waals surface area contributed by atoms with E-state index in [9.17, 15) is 9.59 Å². The number of carbonyl (C=O) groups is 2. The SMILES string of the molecule is CN(C)C(=O)Cn1cc(C(=O)Nc2ccc(Oc3cccc(Br)c3)nc2)nn1. The average molecular weight is 445 g/mol. The fourth-order valence-electron chi connectivity index (χ4n) is 2.12. The number of benzene rings is 1. The predicted octanol–water partition coefficient (Wildman–Crippen LogP) is 2.57. The lowest BCUT2D eigenvalue weighted by Crippen LogP contribution is -2.26. The van der Waals surface area contributed by atoms with E-state index in [2.05, 4.69) is 36.5 Å². The minimum Gasteiger partial charge on any atom is -0.439 e. The molecule has 10 heteroatoms. The Labute approximate surface area is 169 Å². The van der Waals surface area contributed by atoms with E-state index >= 15 is 0 Å². The number of carbonyl (C=O) groups excluding carboxylic acids is 2. The molecular formula is C18H17BrN6O3. The Morgan fingerprint density at radius 1 is 1.25 bits per heavy atom. The zero-order chi connectivity index (χ0) is 20.1. The van der Waals surface area contributed by atoms with Crippen LogP contribution in [0.15, 0.2) is 53.3 Å². The summed E-state index contributed by atoms with van der Waals surface area (Å²) in [6, 6.07) is 10.7. The van der Waals surface area contributed by atoms with Crippen LogP contribution in [0.25, 0.3) is 0 Å². The van der Waals surface area contributed by atoms with Gasteiger partial charge in [-0.2, -0.15) is 0 Å². The monoisotopic (exact) mass is 444 g/mol. The van der Waals surface area contributed by atoms with E-state index in [0.29, 0.717) is 17.3 Å². The van der Waals surface area contributed by atoms with E-state index in [-0.39, 0.29) is 18.1 Å². The van der Waals surface area contributed by atoms with Crippen molar-refractivity contribution < 1.29 is 14.3 Å². The fraction of sp³-hybridized carbons (Fsp3) is 0.167. The predicted molar refractivity (Wildman–Crippen MR) is 105 cm³/mol. The highest BCUT2D eigenvalue weighted by molar-refractivity contribution is 9.10. The zero-order valence-corrected chi connectivity index (χ0v) is 16.8. The van der Waals surface area contributed by atoms with Crippen molar-refractivity contribution in [1.29, 1.82) is 0 Å². The van der Waals surface area contributed by atoms with Crippen LogP contribution < -0.4 is 10.1 Å². The van der Waals surface area contributed by atoms with Gasteiger partial charge in [0.05, 0.1) is 18.1 Å². The Balaban J connectivity index is 1.60. The molecule has 2 heterocycles. The van der Waals surface area contributed by atoms with Gasteiger partial charge in [0.2, 0.25) is 11.8 Å². The number of likely N-dealkylation sites (N-methyl/N-ethyl adjacent to an activating group) is 1. The van der Waals surface area contributed by atoms with Gasteiger partial charge in [0.25, 0.3) is 5.91 Å². The molecule has 0 bridgehead atoms. The van der Waals surface area contributed by atoms with Crippen LogP contribution in [0, 0.1) is 0 Å². The Hall–Kier alpha value is -3.27. The first kappa shape index (κ1) is 19.5. The fourth-order valence-corrected chi connectivity index (χ4v) is 2.50. The van der Waals surface area contributed by atoms with E-state index in [1.165, 1.54) is 22.0 Å². The van der Waals surface area contributed by atoms with E-state index in [0.717, 1.165) is 4.47 Å². The molecule has 0 aliphatic heterocycles. The first-order chi connectivity index (χ1) is 13.4. The molecule has 1 aromatic carbocycles. The van der Waals surface area contributed by atoms with Crippen molar-refractivity contribution in [2.75, 3.05) is 19.4 Å². The average Bonchev–Trinajstić information content (AvgIpc) is 3.12. The number of halogens is 1. The molecule has 0 saturated carbocycles. The van der Waals surface area contributed by atoms with Crippen molar-refractivity contribution in [3.05, 3.63) is 59.0 Å². The Morgan fingerprint density at radius 2 is 2.07 bits per heavy atom. The van der Waals surface area contributed by atoms with E-state index in [1.54, 1.807) is 26.2 Å². The number of anilines is 1. The molecule has 9 nitrogen and oxygen atoms in total. The maximum absolute atomic E-state index is 12.3. The lowest BCUT2D eigenvalue weighted by Gasteiger charge is -2.08. The van der Waals surface area contributed by atoms with Crippen LogP contribution in [0.3, 0.4) is 0 Å². The normalized spacial score (nSPS) is 10.4. The van der Waals surface area contributed by atoms with E-state index in [1.807, 2.05) is 24.3 Å². The van der Waals surface area contributed by atoms with Gasteiger partial charge >= 0.3 is 0 Å². The molecule has 2 amide bonds. The number of nitrogens with zero attached hydrogens (tertiary/aromatic N) is 5. The molecule has 0 spiro atoms. The summed E-state index contributed by atoms with van der Waals surface area (Å²) in [6.45, 7) is 0.0104. The quantitative estimate of drug-likeness (QED) is 0.626. The van der Waals surface area contributed by atoms with Gasteiger partial charge in [-0.15, -0.1) is 5.10 Å². The van der Waals surface area contributed by atoms with Gasteiger partial charge in [0, 0.05) is 24.6 Å². The molecule has 3 aromatic rings. The van der Waals surface area contributed by atoms with Gasteiger partial charge in [-0.25, -0.2) is 9.67 Å². The first-order valence-corrected chi connectivity index (χ1v) is 9.01. The third kappa shape index (κ3) is 5.13. The molecule has 0 unspecified atom stereocenters. The summed E-state index contributed by atoms with van der Waals surface area (Å²) in [7, 11) is 3.29. The van der Waals surface area contributed by atoms with Gasteiger partial charge < -0.3 is 15.0 Å². The van der Waals surface area contributed by atoms with E-state index < -0.39 is 5.91 Å². The molecule has 2 aromatic heterocycles. The van der Waals surface area contributed by atoms with Crippen LogP contribution in [0.1, 0.15) is 10.5 Å². The van der Waals surface area contributed by atoms with Gasteiger partial charge in [0.15, 0.2) is 5.69 Å². The third-order valence-electron chi connectivity index (χ3n) is 3.58. The Bertz CT molecular complexity index is 987. The van der Waals surface area contributed by atoms with Gasteiger partial charge in [-0.3, -0.25) is 9.59 Å². The highest BCUT2D eigenvalue weighted by Gasteiger charge is 2.13. The summed E-state index contributed by atoms with van der Waals surface area (Å²) in [6.07, 6.45) is 2.89. The molecular weight excluding hydrogens is 428 g/mol. The molecule has 0 radical (unpaired) electrons. The van der Waals surface area contributed by atoms with Gasteiger partial charge in [0.1, 0.15) is 12.3 Å². The van der Waals surface area contributed by atoms with Gasteiger partial charge in [-0.05, 0) is 24.3 Å². The smallest absolute Gasteiger partial charge is 0.277 e. The lowest BCUT2D eigenvalue weighted by atomic mass is 10.3. The number of ether oxygens (including phenoxy) is 1. The summed E-state index contributed by atoms with van der Waals surface area (Å²) in [5.41, 5.74) is 0.575. The summed E-state index contributed by atoms with van der Waals surface area (Å²) in [5, 5.41) is 10.2. The minimum atomic E-state index is -0.453. The summed E-state index contributed by atoms with van der Waals surface area (Å²) >= 11 is 3.38. The molecule has 28 heavy (non-hydrogen) atoms. The van der Waals surface area contributed by atoms with Crippen molar-refractivity contribution in [2.45, 2.75) is 6.54 Å². The summed E-state index contributed by atoms with van der Waals surface area (Å²) < 4.78 is 7.86. The van der Waals surface area contributed by atoms with Crippen molar-refractivity contribution >= 4 is 33.4 Å². The molecule has 3 rings (SSSR count). The maximum atomic E-state index is 12.3. The van der Waals surface area contributed by atoms with Crippen molar-refractivity contribution in [2.24, 2.45) is 0 Å². The third-order valence-corrected chi connectivity index (χ3v) is 4.07. The number of hydrogen-bond acceptors (Lipinski definition) is 6. The number of rotatable bonds is 6. The van der Waals surface area contributed by atoms with Crippen LogP contribution in [0.5, 0.6) is 11.6 Å². The highest BCUT2D eigenvalue weighted by Crippen LogP contribution is 2.23. The highest BCUT2D eigenvalue weighted by atomic mass is 79.9. The second kappa shape index (κ2) is 8.61. The minimum absolute atomic E-state index is 0.0104. The van der Waals surface area contributed by atoms with Crippen molar-refractivity contribution in [3.63, 3.8) is 0 Å². The van der Waals surface area contributed by atoms with Crippen molar-refractivity contribution in [1.82, 2.24) is 24.9 Å². The molecule has 0 aliphatic carbocycles. The molecule has 0 fully saturated rings.